The van der Waals surface area contributed by atoms with Crippen molar-refractivity contribution in [2.45, 2.75) is 64.2 Å². The Balaban J connectivity index is 0.000000194. The molecular formula is C58H62F6N12O4. The Kier molecular flexibility index (Phi) is 16.6. The highest BCUT2D eigenvalue weighted by Gasteiger charge is 2.42. The lowest BCUT2D eigenvalue weighted by molar-refractivity contribution is -0.144. The summed E-state index contributed by atoms with van der Waals surface area (Å²) in [7, 11) is 3.02. The van der Waals surface area contributed by atoms with Gasteiger partial charge in [0.05, 0.1) is 38.0 Å². The molecule has 0 unspecified atom stereocenters. The molecule has 16 nitrogen and oxygen atoms in total. The van der Waals surface area contributed by atoms with Crippen LogP contribution in [0.4, 0.5) is 26.3 Å². The van der Waals surface area contributed by atoms with Crippen LogP contribution in [0.15, 0.2) is 122 Å². The first kappa shape index (κ1) is 56.8. The Hall–Kier alpha value is -7.92. The van der Waals surface area contributed by atoms with Crippen LogP contribution in [0.2, 0.25) is 0 Å². The van der Waals surface area contributed by atoms with Crippen molar-refractivity contribution in [3.8, 4) is 34.0 Å². The first-order valence-electron chi connectivity index (χ1n) is 26.1. The number of amides is 2. The molecule has 4 aromatic carbocycles. The highest BCUT2D eigenvalue weighted by atomic mass is 19.4. The molecule has 4 aromatic heterocycles. The standard InChI is InChI=1S/2C29H31F3N6O2/c2*1-18-17-36(24(15-33)20-7-5-4-6-8-20)13-14-37(18)28(39)23-16-34-38-26(29(30,31)32)19(2)25(35-27(23)38)21-9-11-22(40-3)12-10-21/h2*4-12,16,18,24H,13-15,17,33H2,1-3H3/t18-,24+;18-,24-/m11/s1. The number of nitrogens with zero attached hydrogens (tertiary/aromatic N) is 10. The van der Waals surface area contributed by atoms with E-state index in [1.807, 2.05) is 74.5 Å². The number of fused-ring (bicyclic) bond motifs is 2. The van der Waals surface area contributed by atoms with Crippen LogP contribution >= 0.6 is 0 Å². The number of alkyl halides is 6. The maximum atomic E-state index is 14.3. The number of nitrogens with two attached hydrogens (primary N) is 2. The summed E-state index contributed by atoms with van der Waals surface area (Å²) in [6.45, 7) is 10.5. The van der Waals surface area contributed by atoms with Gasteiger partial charge in [0.2, 0.25) is 0 Å². The van der Waals surface area contributed by atoms with Gasteiger partial charge in [-0.25, -0.2) is 19.0 Å². The van der Waals surface area contributed by atoms with Crippen molar-refractivity contribution in [1.29, 1.82) is 0 Å². The molecule has 0 saturated carbocycles. The third kappa shape index (κ3) is 11.3. The summed E-state index contributed by atoms with van der Waals surface area (Å²) in [6.07, 6.45) is -7.06. The van der Waals surface area contributed by atoms with Gasteiger partial charge in [0.25, 0.3) is 11.8 Å². The van der Waals surface area contributed by atoms with E-state index in [1.165, 1.54) is 40.5 Å². The van der Waals surface area contributed by atoms with Crippen molar-refractivity contribution >= 4 is 23.1 Å². The molecule has 6 heterocycles. The molecule has 2 fully saturated rings. The van der Waals surface area contributed by atoms with Crippen molar-refractivity contribution in [2.75, 3.05) is 66.6 Å². The van der Waals surface area contributed by atoms with E-state index in [0.717, 1.165) is 20.2 Å². The number of hydrogen-bond acceptors (Lipinski definition) is 12. The molecule has 0 aliphatic carbocycles. The number of carbonyl (C=O) groups excluding carboxylic acids is 2. The normalized spacial score (nSPS) is 17.3. The summed E-state index contributed by atoms with van der Waals surface area (Å²) in [5.41, 5.74) is 13.3. The molecule has 2 aliphatic heterocycles. The van der Waals surface area contributed by atoms with Crippen LogP contribution in [-0.2, 0) is 12.4 Å². The van der Waals surface area contributed by atoms with E-state index in [-0.39, 0.29) is 69.1 Å². The van der Waals surface area contributed by atoms with Gasteiger partial charge in [-0.3, -0.25) is 19.4 Å². The molecule has 0 bridgehead atoms. The summed E-state index contributed by atoms with van der Waals surface area (Å²) in [4.78, 5) is 44.5. The second kappa shape index (κ2) is 23.4. The number of methoxy groups -OCH3 is 2. The number of carbonyl (C=O) groups is 2. The van der Waals surface area contributed by atoms with Gasteiger partial charge >= 0.3 is 12.4 Å². The quantitative estimate of drug-likeness (QED) is 0.111. The molecule has 8 aromatic rings. The van der Waals surface area contributed by atoms with Gasteiger partial charge in [-0.2, -0.15) is 36.5 Å². The van der Waals surface area contributed by atoms with E-state index < -0.39 is 35.6 Å². The number of ether oxygens (including phenoxy) is 2. The predicted octanol–water partition coefficient (Wildman–Crippen LogP) is 9.16. The fraction of sp³-hybridized carbons (Fsp3) is 0.345. The lowest BCUT2D eigenvalue weighted by Crippen LogP contribution is -2.55. The lowest BCUT2D eigenvalue weighted by atomic mass is 10.0. The first-order valence-corrected chi connectivity index (χ1v) is 26.1. The van der Waals surface area contributed by atoms with Crippen LogP contribution in [0.1, 0.15) is 80.3 Å². The lowest BCUT2D eigenvalue weighted by Gasteiger charge is -2.43. The van der Waals surface area contributed by atoms with E-state index in [9.17, 15) is 35.9 Å². The topological polar surface area (TPSA) is 178 Å². The van der Waals surface area contributed by atoms with E-state index in [4.69, 9.17) is 20.9 Å². The van der Waals surface area contributed by atoms with E-state index >= 15 is 0 Å². The van der Waals surface area contributed by atoms with Crippen LogP contribution in [0.3, 0.4) is 0 Å². The minimum Gasteiger partial charge on any atom is -0.497 e. The third-order valence-electron chi connectivity index (χ3n) is 15.0. The van der Waals surface area contributed by atoms with E-state index in [1.54, 1.807) is 58.3 Å². The molecule has 0 radical (unpaired) electrons. The Morgan fingerprint density at radius 2 is 0.912 bits per heavy atom. The molecule has 80 heavy (non-hydrogen) atoms. The molecule has 4 atom stereocenters. The summed E-state index contributed by atoms with van der Waals surface area (Å²) in [5, 5.41) is 7.97. The molecule has 2 aliphatic rings. The zero-order chi connectivity index (χ0) is 57.2. The molecular weight excluding hydrogens is 1040 g/mol. The molecule has 2 amide bonds. The zero-order valence-corrected chi connectivity index (χ0v) is 45.0. The van der Waals surface area contributed by atoms with Crippen LogP contribution in [0, 0.1) is 13.8 Å². The van der Waals surface area contributed by atoms with Crippen molar-refractivity contribution in [1.82, 2.24) is 48.8 Å². The second-order valence-electron chi connectivity index (χ2n) is 19.9. The van der Waals surface area contributed by atoms with E-state index in [2.05, 4.69) is 30.0 Å². The van der Waals surface area contributed by atoms with Crippen molar-refractivity contribution in [3.63, 3.8) is 0 Å². The van der Waals surface area contributed by atoms with Gasteiger partial charge in [0.1, 0.15) is 22.6 Å². The van der Waals surface area contributed by atoms with Crippen molar-refractivity contribution in [2.24, 2.45) is 11.5 Å². The van der Waals surface area contributed by atoms with Crippen LogP contribution < -0.4 is 20.9 Å². The van der Waals surface area contributed by atoms with Crippen LogP contribution in [-0.4, -0.2) is 139 Å². The van der Waals surface area contributed by atoms with Gasteiger partial charge in [0.15, 0.2) is 22.7 Å². The van der Waals surface area contributed by atoms with Gasteiger partial charge in [-0.05, 0) is 87.4 Å². The maximum Gasteiger partial charge on any atom is 0.433 e. The van der Waals surface area contributed by atoms with Gasteiger partial charge in [-0.15, -0.1) is 0 Å². The van der Waals surface area contributed by atoms with Crippen molar-refractivity contribution < 1.29 is 45.4 Å². The Bertz CT molecular complexity index is 3240. The summed E-state index contributed by atoms with van der Waals surface area (Å²) < 4.78 is 97.6. The minimum absolute atomic E-state index is 0.00363. The Morgan fingerprint density at radius 1 is 0.562 bits per heavy atom. The van der Waals surface area contributed by atoms with Crippen LogP contribution in [0.5, 0.6) is 11.5 Å². The van der Waals surface area contributed by atoms with E-state index in [0.29, 0.717) is 75.0 Å². The monoisotopic (exact) mass is 1100 g/mol. The highest BCUT2D eigenvalue weighted by molar-refractivity contribution is 6.01. The number of rotatable bonds is 12. The summed E-state index contributed by atoms with van der Waals surface area (Å²) in [6, 6.07) is 32.7. The summed E-state index contributed by atoms with van der Waals surface area (Å²) in [5.74, 6) is 0.319. The SMILES string of the molecule is COc1ccc(-c2nc3c(C(=O)N4CCN([C@@H](CN)c5ccccc5)C[C@H]4C)cnn3c(C(F)(F)F)c2C)cc1.COc1ccc(-c2nc3c(C(=O)N4CCN([C@H](CN)c5ccccc5)C[C@H]4C)cnn3c(C(F)(F)F)c2C)cc1. The van der Waals surface area contributed by atoms with Crippen molar-refractivity contribution in [3.05, 3.63) is 166 Å². The molecule has 4 N–H and O–H groups in total. The predicted molar refractivity (Wildman–Crippen MR) is 290 cm³/mol. The molecule has 22 heteroatoms. The average molecular weight is 1110 g/mol. The molecule has 0 spiro atoms. The van der Waals surface area contributed by atoms with Gasteiger partial charge in [0, 0.05) is 98.8 Å². The summed E-state index contributed by atoms with van der Waals surface area (Å²) >= 11 is 0. The van der Waals surface area contributed by atoms with Gasteiger partial charge in [-0.1, -0.05) is 60.7 Å². The highest BCUT2D eigenvalue weighted by Crippen LogP contribution is 2.39. The fourth-order valence-corrected chi connectivity index (χ4v) is 11.0. The molecule has 2 saturated heterocycles. The second-order valence-corrected chi connectivity index (χ2v) is 19.9. The maximum absolute atomic E-state index is 14.3. The van der Waals surface area contributed by atoms with Gasteiger partial charge < -0.3 is 30.7 Å². The number of piperazine rings is 2. The molecule has 10 rings (SSSR count). The Labute approximate surface area is 458 Å². The van der Waals surface area contributed by atoms with Crippen LogP contribution in [0.25, 0.3) is 33.8 Å². The third-order valence-corrected chi connectivity index (χ3v) is 15.0. The average Bonchev–Trinajstić information content (AvgIpc) is 4.14. The first-order chi connectivity index (χ1) is 38.3. The number of hydrogen-bond donors (Lipinski definition) is 2. The molecule has 420 valence electrons. The number of benzene rings is 4. The largest absolute Gasteiger partial charge is 0.497 e. The number of aromatic nitrogens is 6. The minimum atomic E-state index is -4.72. The smallest absolute Gasteiger partial charge is 0.433 e. The number of halogens is 6. The zero-order valence-electron chi connectivity index (χ0n) is 45.0. The fourth-order valence-electron chi connectivity index (χ4n) is 11.0. The Morgan fingerprint density at radius 3 is 1.21 bits per heavy atom.